The van der Waals surface area contributed by atoms with Gasteiger partial charge < -0.3 is 15.2 Å². The largest absolute Gasteiger partial charge is 0.480 e. The topological polar surface area (TPSA) is 75.6 Å². The van der Waals surface area contributed by atoms with Crippen molar-refractivity contribution in [2.45, 2.75) is 10.9 Å². The molecule has 0 radical (unpaired) electrons. The Hall–Kier alpha value is -1.24. The Labute approximate surface area is 120 Å². The molecule has 1 aromatic rings. The highest BCUT2D eigenvalue weighted by Gasteiger charge is 2.19. The fraction of sp³-hybridized carbons (Fsp3) is 0.333. The molecule has 0 spiro atoms. The highest BCUT2D eigenvalue weighted by Crippen LogP contribution is 2.19. The van der Waals surface area contributed by atoms with Crippen LogP contribution in [0.5, 0.6) is 0 Å². The molecule has 2 N–H and O–H groups in total. The molecule has 0 heterocycles. The fourth-order valence-corrected chi connectivity index (χ4v) is 2.09. The van der Waals surface area contributed by atoms with Gasteiger partial charge in [0.15, 0.2) is 6.04 Å². The number of carbonyl (C=O) groups excluding carboxylic acids is 1. The molecule has 0 saturated carbocycles. The van der Waals surface area contributed by atoms with Crippen molar-refractivity contribution in [3.8, 4) is 0 Å². The van der Waals surface area contributed by atoms with Gasteiger partial charge >= 0.3 is 5.97 Å². The number of thioether (sulfide) groups is 1. The van der Waals surface area contributed by atoms with Gasteiger partial charge in [-0.3, -0.25) is 4.79 Å². The lowest BCUT2D eigenvalue weighted by Gasteiger charge is -2.13. The minimum absolute atomic E-state index is 0.0628. The normalized spacial score (nSPS) is 11.9. The standard InChI is InChI=1S/C12H14ClNO4S/c1-18-6-10(12(16)17)14-11(15)7-19-9-4-2-8(13)3-5-9/h2-5,10H,6-7H2,1H3,(H,14,15)(H,16,17). The third-order valence-electron chi connectivity index (χ3n) is 2.15. The summed E-state index contributed by atoms with van der Waals surface area (Å²) < 4.78 is 4.73. The van der Waals surface area contributed by atoms with Gasteiger partial charge in [0.05, 0.1) is 12.4 Å². The maximum absolute atomic E-state index is 11.6. The van der Waals surface area contributed by atoms with Gasteiger partial charge in [-0.25, -0.2) is 4.79 Å². The first-order valence-electron chi connectivity index (χ1n) is 5.42. The summed E-state index contributed by atoms with van der Waals surface area (Å²) in [6.45, 7) is -0.0628. The van der Waals surface area contributed by atoms with E-state index in [1.165, 1.54) is 18.9 Å². The highest BCUT2D eigenvalue weighted by molar-refractivity contribution is 8.00. The van der Waals surface area contributed by atoms with E-state index in [1.807, 2.05) is 0 Å². The van der Waals surface area contributed by atoms with Crippen LogP contribution in [0.15, 0.2) is 29.2 Å². The Morgan fingerprint density at radius 2 is 2.05 bits per heavy atom. The van der Waals surface area contributed by atoms with Crippen LogP contribution in [-0.4, -0.2) is 42.5 Å². The predicted octanol–water partition coefficient (Wildman–Crippen LogP) is 1.65. The average Bonchev–Trinajstić information content (AvgIpc) is 2.37. The second kappa shape index (κ2) is 8.04. The molecule has 0 saturated heterocycles. The Morgan fingerprint density at radius 3 is 2.58 bits per heavy atom. The molecule has 0 aliphatic carbocycles. The van der Waals surface area contributed by atoms with Crippen LogP contribution >= 0.6 is 23.4 Å². The summed E-state index contributed by atoms with van der Waals surface area (Å²) in [7, 11) is 1.38. The lowest BCUT2D eigenvalue weighted by Crippen LogP contribution is -2.44. The van der Waals surface area contributed by atoms with E-state index in [1.54, 1.807) is 24.3 Å². The third kappa shape index (κ3) is 5.96. The Kier molecular flexibility index (Phi) is 6.69. The van der Waals surface area contributed by atoms with E-state index in [9.17, 15) is 9.59 Å². The Morgan fingerprint density at radius 1 is 1.42 bits per heavy atom. The van der Waals surface area contributed by atoms with Gasteiger partial charge in [-0.05, 0) is 24.3 Å². The van der Waals surface area contributed by atoms with E-state index in [0.29, 0.717) is 5.02 Å². The second-order valence-electron chi connectivity index (χ2n) is 3.66. The zero-order valence-corrected chi connectivity index (χ0v) is 11.8. The van der Waals surface area contributed by atoms with Crippen molar-refractivity contribution >= 4 is 35.2 Å². The van der Waals surface area contributed by atoms with Crippen LogP contribution in [0, 0.1) is 0 Å². The van der Waals surface area contributed by atoms with Crippen molar-refractivity contribution in [3.05, 3.63) is 29.3 Å². The van der Waals surface area contributed by atoms with Crippen LogP contribution in [0.1, 0.15) is 0 Å². The number of hydrogen-bond donors (Lipinski definition) is 2. The molecule has 0 fully saturated rings. The molecular weight excluding hydrogens is 290 g/mol. The highest BCUT2D eigenvalue weighted by atomic mass is 35.5. The number of ether oxygens (including phenoxy) is 1. The quantitative estimate of drug-likeness (QED) is 0.749. The molecule has 19 heavy (non-hydrogen) atoms. The van der Waals surface area contributed by atoms with Crippen molar-refractivity contribution in [2.24, 2.45) is 0 Å². The number of aliphatic carboxylic acids is 1. The number of carbonyl (C=O) groups is 2. The molecule has 1 aromatic carbocycles. The summed E-state index contributed by atoms with van der Waals surface area (Å²) in [4.78, 5) is 23.3. The van der Waals surface area contributed by atoms with E-state index < -0.39 is 12.0 Å². The maximum Gasteiger partial charge on any atom is 0.328 e. The number of methoxy groups -OCH3 is 1. The minimum atomic E-state index is -1.12. The molecule has 0 bridgehead atoms. The van der Waals surface area contributed by atoms with Crippen molar-refractivity contribution in [1.82, 2.24) is 5.32 Å². The SMILES string of the molecule is COCC(NC(=O)CSc1ccc(Cl)cc1)C(=O)O. The molecule has 1 unspecified atom stereocenters. The number of nitrogens with one attached hydrogen (secondary N) is 1. The predicted molar refractivity (Wildman–Crippen MR) is 73.6 cm³/mol. The first-order chi connectivity index (χ1) is 9.02. The second-order valence-corrected chi connectivity index (χ2v) is 5.14. The summed E-state index contributed by atoms with van der Waals surface area (Å²) in [5.41, 5.74) is 0. The van der Waals surface area contributed by atoms with Gasteiger partial charge in [0.1, 0.15) is 0 Å². The van der Waals surface area contributed by atoms with Gasteiger partial charge in [-0.1, -0.05) is 11.6 Å². The van der Waals surface area contributed by atoms with Crippen molar-refractivity contribution in [3.63, 3.8) is 0 Å². The monoisotopic (exact) mass is 303 g/mol. The van der Waals surface area contributed by atoms with Gasteiger partial charge in [-0.15, -0.1) is 11.8 Å². The molecule has 1 atom stereocenters. The van der Waals surface area contributed by atoms with Crippen molar-refractivity contribution < 1.29 is 19.4 Å². The number of rotatable bonds is 7. The van der Waals surface area contributed by atoms with E-state index in [-0.39, 0.29) is 18.3 Å². The average molecular weight is 304 g/mol. The van der Waals surface area contributed by atoms with E-state index in [4.69, 9.17) is 21.4 Å². The first kappa shape index (κ1) is 15.8. The van der Waals surface area contributed by atoms with Gasteiger partial charge in [0.2, 0.25) is 5.91 Å². The van der Waals surface area contributed by atoms with E-state index in [0.717, 1.165) is 4.90 Å². The Bertz CT molecular complexity index is 438. The van der Waals surface area contributed by atoms with Crippen LogP contribution in [-0.2, 0) is 14.3 Å². The molecule has 1 amide bonds. The van der Waals surface area contributed by atoms with Crippen molar-refractivity contribution in [2.75, 3.05) is 19.5 Å². The number of carboxylic acids is 1. The summed E-state index contributed by atoms with van der Waals surface area (Å²) in [5.74, 6) is -1.34. The molecule has 0 aliphatic heterocycles. The molecule has 5 nitrogen and oxygen atoms in total. The van der Waals surface area contributed by atoms with Gasteiger partial charge in [0, 0.05) is 17.0 Å². The summed E-state index contributed by atoms with van der Waals surface area (Å²) >= 11 is 7.05. The molecule has 104 valence electrons. The number of carboxylic acid groups (broad SMARTS) is 1. The van der Waals surface area contributed by atoms with Crippen LogP contribution < -0.4 is 5.32 Å². The van der Waals surface area contributed by atoms with Gasteiger partial charge in [0.25, 0.3) is 0 Å². The van der Waals surface area contributed by atoms with E-state index in [2.05, 4.69) is 5.32 Å². The minimum Gasteiger partial charge on any atom is -0.480 e. The van der Waals surface area contributed by atoms with Crippen LogP contribution in [0.3, 0.4) is 0 Å². The number of benzene rings is 1. The molecule has 1 rings (SSSR count). The lowest BCUT2D eigenvalue weighted by atomic mass is 10.3. The molecule has 0 aromatic heterocycles. The summed E-state index contributed by atoms with van der Waals surface area (Å²) in [5, 5.41) is 11.9. The summed E-state index contributed by atoms with van der Waals surface area (Å²) in [6.07, 6.45) is 0. The van der Waals surface area contributed by atoms with Crippen LogP contribution in [0.4, 0.5) is 0 Å². The fourth-order valence-electron chi connectivity index (χ4n) is 1.26. The van der Waals surface area contributed by atoms with Crippen molar-refractivity contribution in [1.29, 1.82) is 0 Å². The smallest absolute Gasteiger partial charge is 0.328 e. The Balaban J connectivity index is 2.42. The zero-order chi connectivity index (χ0) is 14.3. The van der Waals surface area contributed by atoms with E-state index >= 15 is 0 Å². The number of amides is 1. The van der Waals surface area contributed by atoms with Gasteiger partial charge in [-0.2, -0.15) is 0 Å². The molecular formula is C12H14ClNO4S. The summed E-state index contributed by atoms with van der Waals surface area (Å²) in [6, 6.07) is 6.02. The lowest BCUT2D eigenvalue weighted by molar-refractivity contribution is -0.142. The number of halogens is 1. The van der Waals surface area contributed by atoms with Crippen LogP contribution in [0.2, 0.25) is 5.02 Å². The van der Waals surface area contributed by atoms with Crippen LogP contribution in [0.25, 0.3) is 0 Å². The molecule has 0 aliphatic rings. The first-order valence-corrected chi connectivity index (χ1v) is 6.78. The molecule has 7 heteroatoms. The third-order valence-corrected chi connectivity index (χ3v) is 3.41. The zero-order valence-electron chi connectivity index (χ0n) is 10.3. The maximum atomic E-state index is 11.6. The number of hydrogen-bond acceptors (Lipinski definition) is 4.